The van der Waals surface area contributed by atoms with Crippen LogP contribution >= 0.6 is 0 Å². The summed E-state index contributed by atoms with van der Waals surface area (Å²) in [5.74, 6) is -0.534. The molecule has 4 heteroatoms. The topological polar surface area (TPSA) is 63.4 Å². The first-order valence-corrected chi connectivity index (χ1v) is 2.95. The van der Waals surface area contributed by atoms with Gasteiger partial charge in [-0.15, -0.1) is 0 Å². The van der Waals surface area contributed by atoms with Gasteiger partial charge in [0.2, 0.25) is 0 Å². The second kappa shape index (κ2) is 4.27. The molecule has 4 nitrogen and oxygen atoms in total. The van der Waals surface area contributed by atoms with E-state index in [2.05, 4.69) is 6.58 Å². The summed E-state index contributed by atoms with van der Waals surface area (Å²) in [4.78, 5) is 9.44. The maximum atomic E-state index is 10.1. The zero-order valence-electron chi connectivity index (χ0n) is 6.15. The van der Waals surface area contributed by atoms with Gasteiger partial charge >= 0.3 is 5.70 Å². The minimum Gasteiger partial charge on any atom is -0.503 e. The normalized spacial score (nSPS) is 11.9. The Bertz CT molecular complexity index is 212. The summed E-state index contributed by atoms with van der Waals surface area (Å²) in [6.45, 7) is 4.76. The standard InChI is InChI=1S/C7H9NO3/c1-3-4-5-7(6(2)9)8(10)11/h3-5,9H,2H2,1H3/b4-3-,7-5+. The van der Waals surface area contributed by atoms with Crippen LogP contribution in [0, 0.1) is 10.1 Å². The SMILES string of the molecule is C=C(O)/C(=C\C=C/C)[N+](=O)[O-]. The van der Waals surface area contributed by atoms with Gasteiger partial charge in [-0.2, -0.15) is 0 Å². The Morgan fingerprint density at radius 1 is 1.73 bits per heavy atom. The maximum absolute atomic E-state index is 10.1. The van der Waals surface area contributed by atoms with Gasteiger partial charge < -0.3 is 5.11 Å². The number of hydrogen-bond acceptors (Lipinski definition) is 3. The minimum absolute atomic E-state index is 0.386. The minimum atomic E-state index is -0.692. The molecule has 60 valence electrons. The van der Waals surface area contributed by atoms with Crippen molar-refractivity contribution in [3.8, 4) is 0 Å². The van der Waals surface area contributed by atoms with Gasteiger partial charge in [0, 0.05) is 6.08 Å². The predicted octanol–water partition coefficient (Wildman–Crippen LogP) is 1.79. The van der Waals surface area contributed by atoms with Crippen molar-refractivity contribution in [2.75, 3.05) is 0 Å². The molecule has 11 heavy (non-hydrogen) atoms. The summed E-state index contributed by atoms with van der Waals surface area (Å²) in [6.07, 6.45) is 4.26. The Morgan fingerprint density at radius 3 is 2.55 bits per heavy atom. The number of nitro groups is 1. The number of aliphatic hydroxyl groups excluding tert-OH is 1. The van der Waals surface area contributed by atoms with Crippen molar-refractivity contribution in [1.82, 2.24) is 0 Å². The summed E-state index contributed by atoms with van der Waals surface area (Å²) in [6, 6.07) is 0. The van der Waals surface area contributed by atoms with Crippen molar-refractivity contribution in [3.63, 3.8) is 0 Å². The van der Waals surface area contributed by atoms with E-state index in [4.69, 9.17) is 5.11 Å². The molecule has 0 fully saturated rings. The van der Waals surface area contributed by atoms with Crippen LogP contribution in [0.1, 0.15) is 6.92 Å². The van der Waals surface area contributed by atoms with Crippen molar-refractivity contribution in [2.24, 2.45) is 0 Å². The zero-order chi connectivity index (χ0) is 8.85. The van der Waals surface area contributed by atoms with E-state index in [9.17, 15) is 10.1 Å². The van der Waals surface area contributed by atoms with Crippen LogP contribution in [0.4, 0.5) is 0 Å². The molecule has 0 spiro atoms. The molecular weight excluding hydrogens is 146 g/mol. The van der Waals surface area contributed by atoms with Crippen LogP contribution < -0.4 is 0 Å². The number of rotatable bonds is 3. The smallest absolute Gasteiger partial charge is 0.310 e. The highest BCUT2D eigenvalue weighted by Gasteiger charge is 2.11. The van der Waals surface area contributed by atoms with E-state index in [1.807, 2.05) is 0 Å². The molecule has 0 saturated carbocycles. The maximum Gasteiger partial charge on any atom is 0.310 e. The van der Waals surface area contributed by atoms with E-state index in [1.165, 1.54) is 12.2 Å². The molecule has 0 heterocycles. The van der Waals surface area contributed by atoms with Crippen LogP contribution in [-0.4, -0.2) is 10.0 Å². The lowest BCUT2D eigenvalue weighted by molar-refractivity contribution is -0.423. The van der Waals surface area contributed by atoms with Gasteiger partial charge in [0.15, 0.2) is 5.76 Å². The number of allylic oxidation sites excluding steroid dienone is 3. The molecule has 0 aliphatic rings. The average Bonchev–Trinajstić information content (AvgIpc) is 1.87. The van der Waals surface area contributed by atoms with Crippen molar-refractivity contribution < 1.29 is 10.0 Å². The first-order chi connectivity index (χ1) is 5.09. The van der Waals surface area contributed by atoms with Crippen LogP contribution in [0.15, 0.2) is 36.3 Å². The Balaban J connectivity index is 4.60. The third-order valence-corrected chi connectivity index (χ3v) is 0.939. The van der Waals surface area contributed by atoms with Crippen LogP contribution in [-0.2, 0) is 0 Å². The van der Waals surface area contributed by atoms with E-state index < -0.39 is 10.7 Å². The van der Waals surface area contributed by atoms with Gasteiger partial charge in [-0.1, -0.05) is 12.2 Å². The first-order valence-electron chi connectivity index (χ1n) is 2.95. The van der Waals surface area contributed by atoms with Crippen LogP contribution in [0.25, 0.3) is 0 Å². The molecule has 0 saturated heterocycles. The molecule has 0 aromatic rings. The summed E-state index contributed by atoms with van der Waals surface area (Å²) < 4.78 is 0. The lowest BCUT2D eigenvalue weighted by atomic mass is 10.3. The van der Waals surface area contributed by atoms with E-state index in [1.54, 1.807) is 13.0 Å². The quantitative estimate of drug-likeness (QED) is 0.292. The largest absolute Gasteiger partial charge is 0.503 e. The molecule has 1 N–H and O–H groups in total. The monoisotopic (exact) mass is 155 g/mol. The lowest BCUT2D eigenvalue weighted by Gasteiger charge is -1.91. The highest BCUT2D eigenvalue weighted by molar-refractivity contribution is 5.19. The number of nitrogens with zero attached hydrogens (tertiary/aromatic N) is 1. The highest BCUT2D eigenvalue weighted by atomic mass is 16.6. The molecule has 0 rings (SSSR count). The van der Waals surface area contributed by atoms with Gasteiger partial charge in [0.25, 0.3) is 0 Å². The first kappa shape index (κ1) is 9.42. The zero-order valence-corrected chi connectivity index (χ0v) is 6.15. The Labute approximate surface area is 64.3 Å². The van der Waals surface area contributed by atoms with Crippen LogP contribution in [0.3, 0.4) is 0 Å². The van der Waals surface area contributed by atoms with Gasteiger partial charge in [-0.25, -0.2) is 0 Å². The van der Waals surface area contributed by atoms with Crippen molar-refractivity contribution in [1.29, 1.82) is 0 Å². The summed E-state index contributed by atoms with van der Waals surface area (Å²) in [5, 5.41) is 18.8. The van der Waals surface area contributed by atoms with Crippen molar-refractivity contribution in [2.45, 2.75) is 6.92 Å². The molecule has 0 aromatic carbocycles. The van der Waals surface area contributed by atoms with Crippen molar-refractivity contribution >= 4 is 0 Å². The second-order valence-corrected chi connectivity index (χ2v) is 1.78. The van der Waals surface area contributed by atoms with E-state index in [-0.39, 0.29) is 5.70 Å². The van der Waals surface area contributed by atoms with Gasteiger partial charge in [0.1, 0.15) is 0 Å². The van der Waals surface area contributed by atoms with Gasteiger partial charge in [-0.3, -0.25) is 10.1 Å². The van der Waals surface area contributed by atoms with Crippen molar-refractivity contribution in [3.05, 3.63) is 46.4 Å². The molecule has 0 aliphatic carbocycles. The van der Waals surface area contributed by atoms with E-state index in [0.29, 0.717) is 0 Å². The summed E-state index contributed by atoms with van der Waals surface area (Å²) >= 11 is 0. The fraction of sp³-hybridized carbons (Fsp3) is 0.143. The third kappa shape index (κ3) is 3.20. The fourth-order valence-corrected chi connectivity index (χ4v) is 0.450. The van der Waals surface area contributed by atoms with Gasteiger partial charge in [-0.05, 0) is 13.5 Å². The van der Waals surface area contributed by atoms with E-state index >= 15 is 0 Å². The molecule has 0 amide bonds. The molecule has 0 unspecified atom stereocenters. The summed E-state index contributed by atoms with van der Waals surface area (Å²) in [5.41, 5.74) is -0.386. The fourth-order valence-electron chi connectivity index (χ4n) is 0.450. The molecule has 0 atom stereocenters. The summed E-state index contributed by atoms with van der Waals surface area (Å²) in [7, 11) is 0. The molecular formula is C7H9NO3. The third-order valence-electron chi connectivity index (χ3n) is 0.939. The second-order valence-electron chi connectivity index (χ2n) is 1.78. The van der Waals surface area contributed by atoms with Crippen LogP contribution in [0.2, 0.25) is 0 Å². The molecule has 0 radical (unpaired) electrons. The molecule has 0 bridgehead atoms. The van der Waals surface area contributed by atoms with E-state index in [0.717, 1.165) is 0 Å². The molecule has 0 aliphatic heterocycles. The number of hydrogen-bond donors (Lipinski definition) is 1. The average molecular weight is 155 g/mol. The van der Waals surface area contributed by atoms with Gasteiger partial charge in [0.05, 0.1) is 4.92 Å². The Hall–Kier alpha value is -1.58. The molecule has 0 aromatic heterocycles. The Kier molecular flexibility index (Phi) is 3.66. The highest BCUT2D eigenvalue weighted by Crippen LogP contribution is 2.04. The predicted molar refractivity (Wildman–Crippen MR) is 41.7 cm³/mol. The lowest BCUT2D eigenvalue weighted by Crippen LogP contribution is -1.99. The number of aliphatic hydroxyl groups is 1. The van der Waals surface area contributed by atoms with Crippen LogP contribution in [0.5, 0.6) is 0 Å². The Morgan fingerprint density at radius 2 is 2.27 bits per heavy atom.